The van der Waals surface area contributed by atoms with Crippen molar-refractivity contribution in [2.45, 2.75) is 26.6 Å². The lowest BCUT2D eigenvalue weighted by Crippen LogP contribution is -2.29. The minimum atomic E-state index is -0.274. The summed E-state index contributed by atoms with van der Waals surface area (Å²) in [6.45, 7) is 5.66. The van der Waals surface area contributed by atoms with Gasteiger partial charge in [0, 0.05) is 11.5 Å². The molecular weight excluding hydrogens is 240 g/mol. The first kappa shape index (κ1) is 14.1. The predicted molar refractivity (Wildman–Crippen MR) is 66.7 cm³/mol. The number of hydrazine groups is 1. The first-order valence-electron chi connectivity index (χ1n) is 5.46. The summed E-state index contributed by atoms with van der Waals surface area (Å²) in [5.41, 5.74) is 2.10. The average molecular weight is 258 g/mol. The van der Waals surface area contributed by atoms with Gasteiger partial charge in [-0.25, -0.2) is 5.84 Å². The molecule has 96 valence electrons. The van der Waals surface area contributed by atoms with E-state index in [2.05, 4.69) is 5.43 Å². The van der Waals surface area contributed by atoms with E-state index < -0.39 is 0 Å². The van der Waals surface area contributed by atoms with Gasteiger partial charge in [0.1, 0.15) is 0 Å². The van der Waals surface area contributed by atoms with Crippen LogP contribution in [0.4, 0.5) is 0 Å². The molecule has 1 aromatic heterocycles. The highest BCUT2D eigenvalue weighted by Gasteiger charge is 2.08. The maximum absolute atomic E-state index is 11.2. The second kappa shape index (κ2) is 7.39. The Hall–Kier alpha value is -0.950. The Balaban J connectivity index is 2.36. The highest BCUT2D eigenvalue weighted by atomic mass is 32.1. The number of hydrogen-bond acceptors (Lipinski definition) is 5. The van der Waals surface area contributed by atoms with Crippen LogP contribution in [0.5, 0.6) is 0 Å². The SMILES string of the molecule is CCOCC(C)OCc1ccc(C(=O)NN)s1. The van der Waals surface area contributed by atoms with Crippen molar-refractivity contribution in [1.29, 1.82) is 0 Å². The van der Waals surface area contributed by atoms with E-state index in [9.17, 15) is 4.79 Å². The van der Waals surface area contributed by atoms with E-state index >= 15 is 0 Å². The quantitative estimate of drug-likeness (QED) is 0.439. The Kier molecular flexibility index (Phi) is 6.13. The fraction of sp³-hybridized carbons (Fsp3) is 0.545. The third kappa shape index (κ3) is 4.82. The molecule has 1 unspecified atom stereocenters. The molecule has 0 aliphatic heterocycles. The molecule has 0 aromatic carbocycles. The number of amides is 1. The summed E-state index contributed by atoms with van der Waals surface area (Å²) in [6.07, 6.45) is 0.0452. The molecule has 3 N–H and O–H groups in total. The van der Waals surface area contributed by atoms with Crippen LogP contribution in [-0.4, -0.2) is 25.2 Å². The van der Waals surface area contributed by atoms with Crippen molar-refractivity contribution >= 4 is 17.2 Å². The van der Waals surface area contributed by atoms with Crippen molar-refractivity contribution in [2.24, 2.45) is 5.84 Å². The summed E-state index contributed by atoms with van der Waals surface area (Å²) in [5.74, 6) is 4.78. The van der Waals surface area contributed by atoms with Crippen molar-refractivity contribution < 1.29 is 14.3 Å². The number of ether oxygens (including phenoxy) is 2. The smallest absolute Gasteiger partial charge is 0.275 e. The van der Waals surface area contributed by atoms with Gasteiger partial charge in [-0.15, -0.1) is 11.3 Å². The molecule has 0 radical (unpaired) electrons. The number of carbonyl (C=O) groups is 1. The van der Waals surface area contributed by atoms with Crippen LogP contribution in [0.15, 0.2) is 12.1 Å². The van der Waals surface area contributed by atoms with E-state index in [4.69, 9.17) is 15.3 Å². The van der Waals surface area contributed by atoms with E-state index in [0.717, 1.165) is 4.88 Å². The number of carbonyl (C=O) groups excluding carboxylic acids is 1. The van der Waals surface area contributed by atoms with Gasteiger partial charge in [-0.2, -0.15) is 0 Å². The molecule has 0 saturated heterocycles. The maximum atomic E-state index is 11.2. The van der Waals surface area contributed by atoms with Crippen molar-refractivity contribution in [3.05, 3.63) is 21.9 Å². The molecule has 0 aliphatic carbocycles. The molecule has 1 rings (SSSR count). The zero-order valence-electron chi connectivity index (χ0n) is 10.1. The van der Waals surface area contributed by atoms with E-state index in [1.807, 2.05) is 19.9 Å². The fourth-order valence-corrected chi connectivity index (χ4v) is 2.04. The summed E-state index contributed by atoms with van der Waals surface area (Å²) >= 11 is 1.37. The maximum Gasteiger partial charge on any atom is 0.275 e. The van der Waals surface area contributed by atoms with Crippen molar-refractivity contribution in [3.63, 3.8) is 0 Å². The highest BCUT2D eigenvalue weighted by Crippen LogP contribution is 2.17. The van der Waals surface area contributed by atoms with Crippen molar-refractivity contribution in [1.82, 2.24) is 5.43 Å². The van der Waals surface area contributed by atoms with Gasteiger partial charge in [0.05, 0.1) is 24.2 Å². The van der Waals surface area contributed by atoms with Crippen molar-refractivity contribution in [3.8, 4) is 0 Å². The van der Waals surface area contributed by atoms with E-state index in [1.54, 1.807) is 6.07 Å². The molecule has 1 aromatic rings. The largest absolute Gasteiger partial charge is 0.379 e. The number of nitrogens with two attached hydrogens (primary N) is 1. The van der Waals surface area contributed by atoms with Gasteiger partial charge >= 0.3 is 0 Å². The van der Waals surface area contributed by atoms with Gasteiger partial charge in [0.15, 0.2) is 0 Å². The zero-order valence-corrected chi connectivity index (χ0v) is 10.9. The van der Waals surface area contributed by atoms with Crippen LogP contribution in [-0.2, 0) is 16.1 Å². The van der Waals surface area contributed by atoms with E-state index in [-0.39, 0.29) is 12.0 Å². The average Bonchev–Trinajstić information content (AvgIpc) is 2.81. The molecular formula is C11H18N2O3S. The van der Waals surface area contributed by atoms with Crippen LogP contribution in [0.1, 0.15) is 28.4 Å². The molecule has 0 spiro atoms. The highest BCUT2D eigenvalue weighted by molar-refractivity contribution is 7.14. The lowest BCUT2D eigenvalue weighted by Gasteiger charge is -2.11. The minimum Gasteiger partial charge on any atom is -0.379 e. The van der Waals surface area contributed by atoms with Crippen LogP contribution in [0.25, 0.3) is 0 Å². The summed E-state index contributed by atoms with van der Waals surface area (Å²) in [7, 11) is 0. The lowest BCUT2D eigenvalue weighted by molar-refractivity contribution is -0.0107. The van der Waals surface area contributed by atoms with Gasteiger partial charge in [-0.05, 0) is 26.0 Å². The Morgan fingerprint density at radius 1 is 1.59 bits per heavy atom. The van der Waals surface area contributed by atoms with Gasteiger partial charge in [0.2, 0.25) is 0 Å². The number of thiophene rings is 1. The second-order valence-electron chi connectivity index (χ2n) is 3.52. The van der Waals surface area contributed by atoms with Crippen molar-refractivity contribution in [2.75, 3.05) is 13.2 Å². The van der Waals surface area contributed by atoms with E-state index in [0.29, 0.717) is 24.7 Å². The minimum absolute atomic E-state index is 0.0452. The number of nitrogen functional groups attached to an aromatic ring is 1. The zero-order chi connectivity index (χ0) is 12.7. The molecule has 5 nitrogen and oxygen atoms in total. The predicted octanol–water partition coefficient (Wildman–Crippen LogP) is 1.29. The van der Waals surface area contributed by atoms with Crippen LogP contribution in [0, 0.1) is 0 Å². The molecule has 1 amide bonds. The monoisotopic (exact) mass is 258 g/mol. The number of nitrogens with one attached hydrogen (secondary N) is 1. The third-order valence-corrected chi connectivity index (χ3v) is 3.14. The van der Waals surface area contributed by atoms with Crippen LogP contribution >= 0.6 is 11.3 Å². The summed E-state index contributed by atoms with van der Waals surface area (Å²) in [4.78, 5) is 12.8. The van der Waals surface area contributed by atoms with Crippen LogP contribution in [0.3, 0.4) is 0 Å². The van der Waals surface area contributed by atoms with Crippen LogP contribution in [0.2, 0.25) is 0 Å². The summed E-state index contributed by atoms with van der Waals surface area (Å²) in [5, 5.41) is 0. The number of hydrogen-bond donors (Lipinski definition) is 2. The number of rotatable bonds is 7. The summed E-state index contributed by atoms with van der Waals surface area (Å²) < 4.78 is 10.8. The summed E-state index contributed by atoms with van der Waals surface area (Å²) in [6, 6.07) is 3.60. The normalized spacial score (nSPS) is 12.4. The first-order valence-corrected chi connectivity index (χ1v) is 6.28. The van der Waals surface area contributed by atoms with Crippen LogP contribution < -0.4 is 11.3 Å². The Labute approximate surface area is 105 Å². The Bertz CT molecular complexity index is 354. The van der Waals surface area contributed by atoms with E-state index in [1.165, 1.54) is 11.3 Å². The molecule has 0 saturated carbocycles. The second-order valence-corrected chi connectivity index (χ2v) is 4.69. The Morgan fingerprint density at radius 3 is 3.00 bits per heavy atom. The van der Waals surface area contributed by atoms with Gasteiger partial charge in [-0.3, -0.25) is 10.2 Å². The molecule has 0 fully saturated rings. The molecule has 1 heterocycles. The Morgan fingerprint density at radius 2 is 2.35 bits per heavy atom. The molecule has 17 heavy (non-hydrogen) atoms. The van der Waals surface area contributed by atoms with Gasteiger partial charge in [0.25, 0.3) is 5.91 Å². The first-order chi connectivity index (χ1) is 8.17. The van der Waals surface area contributed by atoms with Gasteiger partial charge < -0.3 is 9.47 Å². The standard InChI is InChI=1S/C11H18N2O3S/c1-3-15-6-8(2)16-7-9-4-5-10(17-9)11(14)13-12/h4-5,8H,3,6-7,12H2,1-2H3,(H,13,14). The topological polar surface area (TPSA) is 73.6 Å². The fourth-order valence-electron chi connectivity index (χ4n) is 1.20. The lowest BCUT2D eigenvalue weighted by atomic mass is 10.4. The molecule has 6 heteroatoms. The molecule has 1 atom stereocenters. The third-order valence-electron chi connectivity index (χ3n) is 2.08. The molecule has 0 aliphatic rings. The van der Waals surface area contributed by atoms with Gasteiger partial charge in [-0.1, -0.05) is 0 Å². The molecule has 0 bridgehead atoms.